The summed E-state index contributed by atoms with van der Waals surface area (Å²) >= 11 is 6.32. The lowest BCUT2D eigenvalue weighted by Gasteiger charge is -2.28. The molecule has 0 atom stereocenters. The largest absolute Gasteiger partial charge is 0.492 e. The van der Waals surface area contributed by atoms with Gasteiger partial charge in [-0.2, -0.15) is 13.2 Å². The maximum absolute atomic E-state index is 13.9. The van der Waals surface area contributed by atoms with Crippen molar-refractivity contribution in [2.45, 2.75) is 64.7 Å². The Morgan fingerprint density at radius 3 is 2.48 bits per heavy atom. The van der Waals surface area contributed by atoms with Gasteiger partial charge in [0.1, 0.15) is 5.75 Å². The maximum atomic E-state index is 13.9. The van der Waals surface area contributed by atoms with Crippen LogP contribution in [0, 0.1) is 13.8 Å². The second-order valence-electron chi connectivity index (χ2n) is 11.3. The highest BCUT2D eigenvalue weighted by Gasteiger charge is 2.36. The van der Waals surface area contributed by atoms with Gasteiger partial charge in [0.25, 0.3) is 5.91 Å². The van der Waals surface area contributed by atoms with Gasteiger partial charge in [-0.25, -0.2) is 0 Å². The minimum atomic E-state index is -4.42. The van der Waals surface area contributed by atoms with Gasteiger partial charge < -0.3 is 15.0 Å². The van der Waals surface area contributed by atoms with Crippen LogP contribution in [0.5, 0.6) is 5.75 Å². The molecule has 1 amide bonds. The number of hydrogen-bond donors (Lipinski definition) is 1. The van der Waals surface area contributed by atoms with E-state index in [-0.39, 0.29) is 18.5 Å². The minimum absolute atomic E-state index is 0.0611. The molecule has 1 fully saturated rings. The Hall–Kier alpha value is -3.29. The first-order chi connectivity index (χ1) is 20.1. The van der Waals surface area contributed by atoms with Crippen LogP contribution < -0.4 is 10.1 Å². The Balaban J connectivity index is 1.26. The lowest BCUT2D eigenvalue weighted by atomic mass is 9.92. The SMILES string of the molecule is Cc1cc(Cl)c(OCCCc2ccc(C3=C(C(=O)N(Cc4cccc(C(F)(F)F)c4)C4CC4)CNCC3)cc2)cc1C. The Kier molecular flexibility index (Phi) is 9.28. The van der Waals surface area contributed by atoms with Gasteiger partial charge in [-0.05, 0) is 110 Å². The Labute approximate surface area is 250 Å². The third-order valence-corrected chi connectivity index (χ3v) is 8.35. The summed E-state index contributed by atoms with van der Waals surface area (Å²) in [6.45, 7) is 6.00. The van der Waals surface area contributed by atoms with Gasteiger partial charge in [0.15, 0.2) is 0 Å². The molecule has 0 unspecified atom stereocenters. The highest BCUT2D eigenvalue weighted by atomic mass is 35.5. The minimum Gasteiger partial charge on any atom is -0.492 e. The normalized spacial score (nSPS) is 15.6. The van der Waals surface area contributed by atoms with Gasteiger partial charge in [0.2, 0.25) is 0 Å². The fourth-order valence-electron chi connectivity index (χ4n) is 5.37. The first kappa shape index (κ1) is 30.2. The van der Waals surface area contributed by atoms with Crippen molar-refractivity contribution in [3.8, 4) is 5.75 Å². The third-order valence-electron chi connectivity index (χ3n) is 8.05. The second-order valence-corrected chi connectivity index (χ2v) is 11.7. The number of nitrogens with one attached hydrogen (secondary N) is 1. The number of alkyl halides is 3. The van der Waals surface area contributed by atoms with Crippen LogP contribution in [0.25, 0.3) is 5.57 Å². The van der Waals surface area contributed by atoms with Crippen molar-refractivity contribution in [1.29, 1.82) is 0 Å². The molecule has 5 rings (SSSR count). The average Bonchev–Trinajstić information content (AvgIpc) is 3.82. The van der Waals surface area contributed by atoms with E-state index in [0.717, 1.165) is 66.6 Å². The lowest BCUT2D eigenvalue weighted by Crippen LogP contribution is -2.39. The van der Waals surface area contributed by atoms with E-state index in [1.165, 1.54) is 11.6 Å². The molecule has 0 saturated heterocycles. The van der Waals surface area contributed by atoms with Crippen molar-refractivity contribution in [2.24, 2.45) is 0 Å². The van der Waals surface area contributed by atoms with E-state index in [2.05, 4.69) is 29.6 Å². The van der Waals surface area contributed by atoms with Crippen LogP contribution in [0.15, 0.2) is 66.2 Å². The number of nitrogens with zero attached hydrogens (tertiary/aromatic N) is 1. The quantitative estimate of drug-likeness (QED) is 0.242. The monoisotopic (exact) mass is 596 g/mol. The summed E-state index contributed by atoms with van der Waals surface area (Å²) in [6.07, 6.45) is -0.274. The fraction of sp³-hybridized carbons (Fsp3) is 0.382. The van der Waals surface area contributed by atoms with Crippen LogP contribution >= 0.6 is 11.6 Å². The van der Waals surface area contributed by atoms with E-state index in [0.29, 0.717) is 41.5 Å². The molecule has 222 valence electrons. The smallest absolute Gasteiger partial charge is 0.416 e. The van der Waals surface area contributed by atoms with Gasteiger partial charge in [-0.15, -0.1) is 0 Å². The summed E-state index contributed by atoms with van der Waals surface area (Å²) in [5.41, 5.74) is 5.98. The zero-order valence-electron chi connectivity index (χ0n) is 24.0. The summed E-state index contributed by atoms with van der Waals surface area (Å²) in [6, 6.07) is 17.6. The number of ether oxygens (including phenoxy) is 1. The number of carbonyl (C=O) groups excluding carboxylic acids is 1. The van der Waals surface area contributed by atoms with Crippen LogP contribution in [0.4, 0.5) is 13.2 Å². The molecule has 2 aliphatic rings. The molecule has 1 N–H and O–H groups in total. The topological polar surface area (TPSA) is 41.6 Å². The van der Waals surface area contributed by atoms with Crippen LogP contribution in [-0.4, -0.2) is 36.5 Å². The highest BCUT2D eigenvalue weighted by molar-refractivity contribution is 6.32. The molecule has 42 heavy (non-hydrogen) atoms. The summed E-state index contributed by atoms with van der Waals surface area (Å²) < 4.78 is 45.8. The standard InChI is InChI=1S/C34H36ClF3N2O2/c1-22-17-31(35)32(18-23(22)2)42-16-4-6-24-8-10-26(11-9-24)29-14-15-39-20-30(29)33(41)40(28-12-13-28)21-25-5-3-7-27(19-25)34(36,37)38/h3,5,7-11,17-19,28,39H,4,6,12-16,20-21H2,1-2H3. The molecule has 1 saturated carbocycles. The molecule has 3 aromatic carbocycles. The van der Waals surface area contributed by atoms with Crippen molar-refractivity contribution in [2.75, 3.05) is 19.7 Å². The zero-order valence-corrected chi connectivity index (χ0v) is 24.7. The van der Waals surface area contributed by atoms with Crippen LogP contribution in [-0.2, 0) is 23.9 Å². The van der Waals surface area contributed by atoms with E-state index < -0.39 is 11.7 Å². The van der Waals surface area contributed by atoms with Crippen molar-refractivity contribution >= 4 is 23.1 Å². The molecule has 1 aliphatic carbocycles. The Morgan fingerprint density at radius 2 is 1.76 bits per heavy atom. The van der Waals surface area contributed by atoms with E-state index in [1.807, 2.05) is 26.0 Å². The van der Waals surface area contributed by atoms with E-state index >= 15 is 0 Å². The molecule has 0 radical (unpaired) electrons. The first-order valence-electron chi connectivity index (χ1n) is 14.5. The van der Waals surface area contributed by atoms with E-state index in [9.17, 15) is 18.0 Å². The zero-order chi connectivity index (χ0) is 29.9. The van der Waals surface area contributed by atoms with Crippen LogP contribution in [0.1, 0.15) is 59.1 Å². The molecule has 1 heterocycles. The predicted octanol–water partition coefficient (Wildman–Crippen LogP) is 7.93. The molecule has 0 spiro atoms. The fourth-order valence-corrected chi connectivity index (χ4v) is 5.65. The molecular weight excluding hydrogens is 561 g/mol. The number of halogens is 4. The molecule has 0 bridgehead atoms. The predicted molar refractivity (Wildman–Crippen MR) is 161 cm³/mol. The third kappa shape index (κ3) is 7.37. The van der Waals surface area contributed by atoms with Gasteiger partial charge in [0.05, 0.1) is 17.2 Å². The van der Waals surface area contributed by atoms with Gasteiger partial charge >= 0.3 is 6.18 Å². The van der Waals surface area contributed by atoms with Crippen LogP contribution in [0.2, 0.25) is 5.02 Å². The van der Waals surface area contributed by atoms with Gasteiger partial charge in [-0.1, -0.05) is 48.0 Å². The van der Waals surface area contributed by atoms with Crippen molar-refractivity contribution < 1.29 is 22.7 Å². The molecule has 4 nitrogen and oxygen atoms in total. The number of amides is 1. The summed E-state index contributed by atoms with van der Waals surface area (Å²) in [5, 5.41) is 3.94. The van der Waals surface area contributed by atoms with E-state index in [1.54, 1.807) is 11.0 Å². The average molecular weight is 597 g/mol. The van der Waals surface area contributed by atoms with Crippen molar-refractivity contribution in [1.82, 2.24) is 10.2 Å². The van der Waals surface area contributed by atoms with Gasteiger partial charge in [-0.3, -0.25) is 4.79 Å². The molecule has 8 heteroatoms. The summed E-state index contributed by atoms with van der Waals surface area (Å²) in [7, 11) is 0. The molecule has 1 aliphatic heterocycles. The number of hydrogen-bond acceptors (Lipinski definition) is 3. The molecule has 0 aromatic heterocycles. The number of rotatable bonds is 10. The Bertz CT molecular complexity index is 1460. The van der Waals surface area contributed by atoms with Gasteiger partial charge in [0, 0.05) is 24.7 Å². The van der Waals surface area contributed by atoms with Crippen molar-refractivity contribution in [3.63, 3.8) is 0 Å². The molecular formula is C34H36ClF3N2O2. The number of carbonyl (C=O) groups is 1. The summed E-state index contributed by atoms with van der Waals surface area (Å²) in [4.78, 5) is 15.6. The lowest BCUT2D eigenvalue weighted by molar-refractivity contribution is -0.137. The Morgan fingerprint density at radius 1 is 1.02 bits per heavy atom. The highest BCUT2D eigenvalue weighted by Crippen LogP contribution is 2.35. The van der Waals surface area contributed by atoms with Crippen molar-refractivity contribution in [3.05, 3.63) is 105 Å². The molecule has 3 aromatic rings. The maximum Gasteiger partial charge on any atom is 0.416 e. The second kappa shape index (κ2) is 12.9. The summed E-state index contributed by atoms with van der Waals surface area (Å²) in [5.74, 6) is 0.613. The first-order valence-corrected chi connectivity index (χ1v) is 14.9. The number of aryl methyl sites for hydroxylation is 3. The number of benzene rings is 3. The van der Waals surface area contributed by atoms with E-state index in [4.69, 9.17) is 16.3 Å². The van der Waals surface area contributed by atoms with Crippen LogP contribution in [0.3, 0.4) is 0 Å².